The third-order valence-electron chi connectivity index (χ3n) is 3.08. The van der Waals surface area contributed by atoms with E-state index < -0.39 is 5.97 Å². The van der Waals surface area contributed by atoms with Crippen molar-refractivity contribution in [3.05, 3.63) is 23.8 Å². The van der Waals surface area contributed by atoms with Gasteiger partial charge >= 0.3 is 5.97 Å². The molecule has 4 nitrogen and oxygen atoms in total. The number of hydrogen-bond donors (Lipinski definition) is 3. The minimum Gasteiger partial charge on any atom is -0.478 e. The van der Waals surface area contributed by atoms with Gasteiger partial charge < -0.3 is 16.2 Å². The molecule has 2 rings (SSSR count). The molecule has 0 aliphatic heterocycles. The van der Waals surface area contributed by atoms with E-state index in [0.29, 0.717) is 16.8 Å². The summed E-state index contributed by atoms with van der Waals surface area (Å²) >= 11 is 0. The molecule has 0 unspecified atom stereocenters. The Morgan fingerprint density at radius 2 is 2.25 bits per heavy atom. The molecule has 1 aliphatic carbocycles. The molecule has 0 heterocycles. The molecule has 0 amide bonds. The Hall–Kier alpha value is -1.71. The van der Waals surface area contributed by atoms with Crippen molar-refractivity contribution in [1.29, 1.82) is 0 Å². The summed E-state index contributed by atoms with van der Waals surface area (Å²) < 4.78 is 0. The SMILES string of the molecule is CC1(CNc2cc(N)ccc2C(=O)O)CC1. The molecule has 0 aromatic heterocycles. The lowest BCUT2D eigenvalue weighted by Gasteiger charge is -2.13. The van der Waals surface area contributed by atoms with Gasteiger partial charge in [0.15, 0.2) is 0 Å². The molecule has 0 spiro atoms. The number of nitrogen functional groups attached to an aromatic ring is 1. The summed E-state index contributed by atoms with van der Waals surface area (Å²) in [7, 11) is 0. The quantitative estimate of drug-likeness (QED) is 0.680. The van der Waals surface area contributed by atoms with Gasteiger partial charge in [0.2, 0.25) is 0 Å². The normalized spacial score (nSPS) is 16.8. The summed E-state index contributed by atoms with van der Waals surface area (Å²) in [6, 6.07) is 4.82. The van der Waals surface area contributed by atoms with Crippen molar-refractivity contribution in [3.8, 4) is 0 Å². The average molecular weight is 220 g/mol. The second kappa shape index (κ2) is 3.70. The molecule has 1 aromatic carbocycles. The lowest BCUT2D eigenvalue weighted by molar-refractivity contribution is 0.0698. The minimum absolute atomic E-state index is 0.276. The van der Waals surface area contributed by atoms with E-state index in [0.717, 1.165) is 6.54 Å². The van der Waals surface area contributed by atoms with Crippen LogP contribution in [0.2, 0.25) is 0 Å². The summed E-state index contributed by atoms with van der Waals surface area (Å²) in [5.41, 5.74) is 7.45. The van der Waals surface area contributed by atoms with Gasteiger partial charge in [-0.15, -0.1) is 0 Å². The number of rotatable bonds is 4. The lowest BCUT2D eigenvalue weighted by atomic mass is 10.1. The first-order valence-corrected chi connectivity index (χ1v) is 5.37. The number of nitrogens with two attached hydrogens (primary N) is 1. The zero-order valence-corrected chi connectivity index (χ0v) is 9.29. The lowest BCUT2D eigenvalue weighted by Crippen LogP contribution is -2.14. The molecule has 0 saturated heterocycles. The second-order valence-electron chi connectivity index (χ2n) is 4.77. The predicted octanol–water partition coefficient (Wildman–Crippen LogP) is 2.18. The van der Waals surface area contributed by atoms with Crippen LogP contribution in [0.1, 0.15) is 30.1 Å². The van der Waals surface area contributed by atoms with Gasteiger partial charge in [0.1, 0.15) is 0 Å². The van der Waals surface area contributed by atoms with Crippen LogP contribution in [0.4, 0.5) is 11.4 Å². The molecule has 0 bridgehead atoms. The van der Waals surface area contributed by atoms with Gasteiger partial charge in [0.05, 0.1) is 11.3 Å². The number of carboxylic acid groups (broad SMARTS) is 1. The first kappa shape index (κ1) is 10.8. The van der Waals surface area contributed by atoms with Gasteiger partial charge in [-0.3, -0.25) is 0 Å². The summed E-state index contributed by atoms with van der Waals surface area (Å²) in [5, 5.41) is 12.2. The Balaban J connectivity index is 2.16. The van der Waals surface area contributed by atoms with Crippen molar-refractivity contribution < 1.29 is 9.90 Å². The Kier molecular flexibility index (Phi) is 2.50. The maximum absolute atomic E-state index is 11.0. The Morgan fingerprint density at radius 3 is 2.81 bits per heavy atom. The van der Waals surface area contributed by atoms with Crippen LogP contribution in [0.25, 0.3) is 0 Å². The third kappa shape index (κ3) is 2.27. The summed E-state index contributed by atoms with van der Waals surface area (Å²) in [6.07, 6.45) is 2.40. The minimum atomic E-state index is -0.927. The fourth-order valence-corrected chi connectivity index (χ4v) is 1.59. The standard InChI is InChI=1S/C12H16N2O2/c1-12(4-5-12)7-14-10-6-8(13)2-3-9(10)11(15)16/h2-3,6,14H,4-5,7,13H2,1H3,(H,15,16). The maximum atomic E-state index is 11.0. The van der Waals surface area contributed by atoms with Gasteiger partial charge in [-0.2, -0.15) is 0 Å². The van der Waals surface area contributed by atoms with Crippen molar-refractivity contribution in [2.45, 2.75) is 19.8 Å². The van der Waals surface area contributed by atoms with Crippen LogP contribution in [0.5, 0.6) is 0 Å². The van der Waals surface area contributed by atoms with Crippen LogP contribution in [-0.4, -0.2) is 17.6 Å². The van der Waals surface area contributed by atoms with Gasteiger partial charge in [0, 0.05) is 12.2 Å². The largest absolute Gasteiger partial charge is 0.478 e. The van der Waals surface area contributed by atoms with E-state index in [1.807, 2.05) is 0 Å². The topological polar surface area (TPSA) is 75.3 Å². The van der Waals surface area contributed by atoms with Gasteiger partial charge in [0.25, 0.3) is 0 Å². The van der Waals surface area contributed by atoms with Crippen LogP contribution in [0, 0.1) is 5.41 Å². The van der Waals surface area contributed by atoms with Crippen molar-refractivity contribution >= 4 is 17.3 Å². The molecule has 0 radical (unpaired) electrons. The zero-order valence-electron chi connectivity index (χ0n) is 9.29. The summed E-state index contributed by atoms with van der Waals surface area (Å²) in [6.45, 7) is 2.99. The van der Waals surface area contributed by atoms with Crippen LogP contribution in [-0.2, 0) is 0 Å². The van der Waals surface area contributed by atoms with Crippen molar-refractivity contribution in [2.75, 3.05) is 17.6 Å². The molecule has 1 aliphatic rings. The second-order valence-corrected chi connectivity index (χ2v) is 4.77. The third-order valence-corrected chi connectivity index (χ3v) is 3.08. The van der Waals surface area contributed by atoms with Gasteiger partial charge in [-0.1, -0.05) is 6.92 Å². The number of anilines is 2. The van der Waals surface area contributed by atoms with Crippen LogP contribution in [0.15, 0.2) is 18.2 Å². The van der Waals surface area contributed by atoms with Crippen LogP contribution < -0.4 is 11.1 Å². The van der Waals surface area contributed by atoms with Crippen molar-refractivity contribution in [3.63, 3.8) is 0 Å². The predicted molar refractivity (Wildman–Crippen MR) is 63.6 cm³/mol. The van der Waals surface area contributed by atoms with Gasteiger partial charge in [-0.25, -0.2) is 4.79 Å². The molecular formula is C12H16N2O2. The molecule has 16 heavy (non-hydrogen) atoms. The van der Waals surface area contributed by atoms with Gasteiger partial charge in [-0.05, 0) is 36.5 Å². The van der Waals surface area contributed by atoms with E-state index in [1.165, 1.54) is 18.9 Å². The molecule has 86 valence electrons. The molecule has 4 N–H and O–H groups in total. The van der Waals surface area contributed by atoms with E-state index in [4.69, 9.17) is 10.8 Å². The molecule has 1 saturated carbocycles. The van der Waals surface area contributed by atoms with E-state index in [2.05, 4.69) is 12.2 Å². The van der Waals surface area contributed by atoms with E-state index in [9.17, 15) is 4.79 Å². The summed E-state index contributed by atoms with van der Waals surface area (Å²) in [5.74, 6) is -0.927. The fourth-order valence-electron chi connectivity index (χ4n) is 1.59. The average Bonchev–Trinajstić information content (AvgIpc) is 2.94. The summed E-state index contributed by atoms with van der Waals surface area (Å²) in [4.78, 5) is 11.0. The number of carboxylic acids is 1. The highest BCUT2D eigenvalue weighted by molar-refractivity contribution is 5.95. The Bertz CT molecular complexity index is 425. The molecule has 1 aromatic rings. The highest BCUT2D eigenvalue weighted by Crippen LogP contribution is 2.44. The van der Waals surface area contributed by atoms with E-state index >= 15 is 0 Å². The first-order valence-electron chi connectivity index (χ1n) is 5.37. The number of carbonyl (C=O) groups is 1. The monoisotopic (exact) mass is 220 g/mol. The van der Waals surface area contributed by atoms with Crippen LogP contribution >= 0.6 is 0 Å². The zero-order chi connectivity index (χ0) is 11.8. The highest BCUT2D eigenvalue weighted by atomic mass is 16.4. The maximum Gasteiger partial charge on any atom is 0.337 e. The number of benzene rings is 1. The van der Waals surface area contributed by atoms with Crippen molar-refractivity contribution in [1.82, 2.24) is 0 Å². The molecular weight excluding hydrogens is 204 g/mol. The molecule has 1 fully saturated rings. The fraction of sp³-hybridized carbons (Fsp3) is 0.417. The number of aromatic carboxylic acids is 1. The van der Waals surface area contributed by atoms with E-state index in [1.54, 1.807) is 12.1 Å². The Morgan fingerprint density at radius 1 is 1.56 bits per heavy atom. The molecule has 0 atom stereocenters. The smallest absolute Gasteiger partial charge is 0.337 e. The number of hydrogen-bond acceptors (Lipinski definition) is 3. The Labute approximate surface area is 94.5 Å². The van der Waals surface area contributed by atoms with Crippen LogP contribution in [0.3, 0.4) is 0 Å². The molecule has 4 heteroatoms. The highest BCUT2D eigenvalue weighted by Gasteiger charge is 2.36. The van der Waals surface area contributed by atoms with E-state index in [-0.39, 0.29) is 5.56 Å². The number of nitrogens with one attached hydrogen (secondary N) is 1. The first-order chi connectivity index (χ1) is 7.50. The van der Waals surface area contributed by atoms with Crippen molar-refractivity contribution in [2.24, 2.45) is 5.41 Å².